The van der Waals surface area contributed by atoms with Crippen molar-refractivity contribution in [2.45, 2.75) is 6.92 Å². The smallest absolute Gasteiger partial charge is 0.258 e. The number of anilines is 1. The average Bonchev–Trinajstić information content (AvgIpc) is 3.08. The van der Waals surface area contributed by atoms with Gasteiger partial charge in [0, 0.05) is 22.5 Å². The zero-order chi connectivity index (χ0) is 18.1. The summed E-state index contributed by atoms with van der Waals surface area (Å²) in [6.45, 7) is 1.89. The van der Waals surface area contributed by atoms with Gasteiger partial charge in [0.1, 0.15) is 5.82 Å². The SMILES string of the molecule is Cc1ccc(NC(=O)c2ccnc3nc(-c4ccc(Cl)cc4)[nH]c23)cn1. The van der Waals surface area contributed by atoms with Crippen LogP contribution in [0.5, 0.6) is 0 Å². The Hall–Kier alpha value is -3.25. The van der Waals surface area contributed by atoms with Crippen molar-refractivity contribution < 1.29 is 4.79 Å². The van der Waals surface area contributed by atoms with Gasteiger partial charge in [0.05, 0.1) is 23.0 Å². The molecule has 0 aliphatic rings. The molecule has 6 nitrogen and oxygen atoms in total. The molecule has 3 aromatic heterocycles. The van der Waals surface area contributed by atoms with Gasteiger partial charge in [-0.2, -0.15) is 0 Å². The molecule has 0 saturated heterocycles. The van der Waals surface area contributed by atoms with Crippen molar-refractivity contribution in [3.63, 3.8) is 0 Å². The van der Waals surface area contributed by atoms with Gasteiger partial charge in [-0.1, -0.05) is 11.6 Å². The van der Waals surface area contributed by atoms with Crippen LogP contribution in [0.3, 0.4) is 0 Å². The maximum atomic E-state index is 12.7. The van der Waals surface area contributed by atoms with E-state index >= 15 is 0 Å². The fraction of sp³-hybridized carbons (Fsp3) is 0.0526. The van der Waals surface area contributed by atoms with Gasteiger partial charge in [0.25, 0.3) is 5.91 Å². The molecule has 0 unspecified atom stereocenters. The van der Waals surface area contributed by atoms with Crippen molar-refractivity contribution in [3.8, 4) is 11.4 Å². The predicted octanol–water partition coefficient (Wildman–Crippen LogP) is 4.23. The van der Waals surface area contributed by atoms with E-state index in [9.17, 15) is 4.79 Å². The van der Waals surface area contributed by atoms with Gasteiger partial charge in [-0.15, -0.1) is 0 Å². The summed E-state index contributed by atoms with van der Waals surface area (Å²) < 4.78 is 0. The molecule has 4 rings (SSSR count). The van der Waals surface area contributed by atoms with Crippen LogP contribution in [0.15, 0.2) is 54.9 Å². The van der Waals surface area contributed by atoms with Crippen LogP contribution in [0.1, 0.15) is 16.1 Å². The number of benzene rings is 1. The number of aromatic amines is 1. The molecular formula is C19H14ClN5O. The minimum Gasteiger partial charge on any atom is -0.336 e. The first-order valence-corrected chi connectivity index (χ1v) is 8.32. The van der Waals surface area contributed by atoms with E-state index in [0.717, 1.165) is 11.3 Å². The molecule has 0 aliphatic carbocycles. The van der Waals surface area contributed by atoms with E-state index < -0.39 is 0 Å². The van der Waals surface area contributed by atoms with Gasteiger partial charge in [-0.25, -0.2) is 9.97 Å². The zero-order valence-corrected chi connectivity index (χ0v) is 14.6. The van der Waals surface area contributed by atoms with E-state index in [1.165, 1.54) is 0 Å². The maximum Gasteiger partial charge on any atom is 0.258 e. The lowest BCUT2D eigenvalue weighted by Crippen LogP contribution is -2.12. The summed E-state index contributed by atoms with van der Waals surface area (Å²) in [7, 11) is 0. The number of halogens is 1. The number of carbonyl (C=O) groups is 1. The van der Waals surface area contributed by atoms with Crippen LogP contribution in [0.2, 0.25) is 5.02 Å². The Balaban J connectivity index is 1.70. The largest absolute Gasteiger partial charge is 0.336 e. The van der Waals surface area contributed by atoms with Gasteiger partial charge in [-0.05, 0) is 49.4 Å². The monoisotopic (exact) mass is 363 g/mol. The summed E-state index contributed by atoms with van der Waals surface area (Å²) in [5, 5.41) is 3.49. The highest BCUT2D eigenvalue weighted by Gasteiger charge is 2.15. The third-order valence-corrected chi connectivity index (χ3v) is 4.18. The van der Waals surface area contributed by atoms with E-state index in [0.29, 0.717) is 33.3 Å². The molecule has 0 fully saturated rings. The average molecular weight is 364 g/mol. The van der Waals surface area contributed by atoms with Crippen molar-refractivity contribution >= 4 is 34.4 Å². The number of rotatable bonds is 3. The third-order valence-electron chi connectivity index (χ3n) is 3.92. The molecule has 0 bridgehead atoms. The topological polar surface area (TPSA) is 83.6 Å². The van der Waals surface area contributed by atoms with Crippen LogP contribution in [-0.4, -0.2) is 25.8 Å². The van der Waals surface area contributed by atoms with Gasteiger partial charge < -0.3 is 10.3 Å². The summed E-state index contributed by atoms with van der Waals surface area (Å²) in [5.41, 5.74) is 3.89. The molecule has 128 valence electrons. The highest BCUT2D eigenvalue weighted by molar-refractivity contribution is 6.30. The lowest BCUT2D eigenvalue weighted by atomic mass is 10.2. The molecule has 2 N–H and O–H groups in total. The molecule has 0 atom stereocenters. The first-order valence-electron chi connectivity index (χ1n) is 7.95. The van der Waals surface area contributed by atoms with Crippen molar-refractivity contribution in [2.24, 2.45) is 0 Å². The number of fused-ring (bicyclic) bond motifs is 1. The summed E-state index contributed by atoms with van der Waals surface area (Å²) in [6.07, 6.45) is 3.19. The van der Waals surface area contributed by atoms with Crippen molar-refractivity contribution in [1.82, 2.24) is 19.9 Å². The fourth-order valence-electron chi connectivity index (χ4n) is 2.58. The van der Waals surface area contributed by atoms with Crippen LogP contribution < -0.4 is 5.32 Å². The highest BCUT2D eigenvalue weighted by atomic mass is 35.5. The molecule has 0 radical (unpaired) electrons. The minimum atomic E-state index is -0.255. The molecule has 7 heteroatoms. The Morgan fingerprint density at radius 3 is 2.62 bits per heavy atom. The van der Waals surface area contributed by atoms with E-state index in [4.69, 9.17) is 11.6 Å². The molecule has 0 saturated carbocycles. The molecule has 0 aliphatic heterocycles. The van der Waals surface area contributed by atoms with Gasteiger partial charge in [0.2, 0.25) is 0 Å². The van der Waals surface area contributed by atoms with Gasteiger partial charge >= 0.3 is 0 Å². The second kappa shape index (κ2) is 6.57. The van der Waals surface area contributed by atoms with E-state index in [2.05, 4.69) is 25.3 Å². The molecular weight excluding hydrogens is 350 g/mol. The Kier molecular flexibility index (Phi) is 4.10. The minimum absolute atomic E-state index is 0.255. The van der Waals surface area contributed by atoms with Crippen LogP contribution in [0.25, 0.3) is 22.6 Å². The van der Waals surface area contributed by atoms with E-state index in [-0.39, 0.29) is 5.91 Å². The van der Waals surface area contributed by atoms with E-state index in [1.807, 2.05) is 31.2 Å². The number of carbonyl (C=O) groups excluding carboxylic acids is 1. The molecule has 3 heterocycles. The second-order valence-corrected chi connectivity index (χ2v) is 6.23. The van der Waals surface area contributed by atoms with Crippen molar-refractivity contribution in [1.29, 1.82) is 0 Å². The summed E-state index contributed by atoms with van der Waals surface area (Å²) >= 11 is 5.93. The molecule has 26 heavy (non-hydrogen) atoms. The number of hydrogen-bond acceptors (Lipinski definition) is 4. The number of H-pyrrole nitrogens is 1. The Labute approximate surface area is 154 Å². The van der Waals surface area contributed by atoms with Crippen LogP contribution in [0.4, 0.5) is 5.69 Å². The standard InChI is InChI=1S/C19H14ClN5O/c1-11-2-7-14(10-22-11)23-19(26)15-8-9-21-18-16(15)24-17(25-18)12-3-5-13(20)6-4-12/h2-10H,1H3,(H,23,26)(H,21,24,25). The maximum absolute atomic E-state index is 12.7. The number of imidazole rings is 1. The number of nitrogens with one attached hydrogen (secondary N) is 2. The summed E-state index contributed by atoms with van der Waals surface area (Å²) in [6, 6.07) is 12.6. The van der Waals surface area contributed by atoms with Crippen LogP contribution in [-0.2, 0) is 0 Å². The summed E-state index contributed by atoms with van der Waals surface area (Å²) in [5.74, 6) is 0.371. The molecule has 1 aromatic carbocycles. The number of amides is 1. The van der Waals surface area contributed by atoms with Crippen LogP contribution in [0, 0.1) is 6.92 Å². The molecule has 1 amide bonds. The lowest BCUT2D eigenvalue weighted by Gasteiger charge is -2.05. The molecule has 4 aromatic rings. The number of aryl methyl sites for hydroxylation is 1. The number of hydrogen-bond donors (Lipinski definition) is 2. The third kappa shape index (κ3) is 3.14. The van der Waals surface area contributed by atoms with Gasteiger partial charge in [0.15, 0.2) is 5.65 Å². The summed E-state index contributed by atoms with van der Waals surface area (Å²) in [4.78, 5) is 28.8. The number of pyridine rings is 2. The van der Waals surface area contributed by atoms with Crippen molar-refractivity contribution in [3.05, 3.63) is 71.1 Å². The predicted molar refractivity (Wildman–Crippen MR) is 101 cm³/mol. The van der Waals surface area contributed by atoms with E-state index in [1.54, 1.807) is 30.6 Å². The Morgan fingerprint density at radius 1 is 1.08 bits per heavy atom. The first kappa shape index (κ1) is 16.2. The fourth-order valence-corrected chi connectivity index (χ4v) is 2.71. The Bertz CT molecular complexity index is 1090. The highest BCUT2D eigenvalue weighted by Crippen LogP contribution is 2.23. The molecule has 0 spiro atoms. The quantitative estimate of drug-likeness (QED) is 0.570. The number of nitrogens with zero attached hydrogens (tertiary/aromatic N) is 3. The Morgan fingerprint density at radius 2 is 1.88 bits per heavy atom. The van der Waals surface area contributed by atoms with Crippen LogP contribution >= 0.6 is 11.6 Å². The first-order chi connectivity index (χ1) is 12.6. The second-order valence-electron chi connectivity index (χ2n) is 5.79. The van der Waals surface area contributed by atoms with Crippen molar-refractivity contribution in [2.75, 3.05) is 5.32 Å². The lowest BCUT2D eigenvalue weighted by molar-refractivity contribution is 0.102. The normalized spacial score (nSPS) is 10.8. The number of aromatic nitrogens is 4. The zero-order valence-electron chi connectivity index (χ0n) is 13.8. The van der Waals surface area contributed by atoms with Gasteiger partial charge in [-0.3, -0.25) is 9.78 Å².